The van der Waals surface area contributed by atoms with Gasteiger partial charge in [-0.1, -0.05) is 127 Å². The van der Waals surface area contributed by atoms with Crippen molar-refractivity contribution in [3.63, 3.8) is 0 Å². The topological polar surface area (TPSA) is 12.0 Å². The summed E-state index contributed by atoms with van der Waals surface area (Å²) in [6, 6.07) is 10.9. The first-order valence-electron chi connectivity index (χ1n) is 13.2. The Morgan fingerprint density at radius 3 is 1.57 bits per heavy atom. The highest BCUT2D eigenvalue weighted by Crippen LogP contribution is 2.13. The zero-order valence-electron chi connectivity index (χ0n) is 20.8. The van der Waals surface area contributed by atoms with Crippen molar-refractivity contribution in [1.29, 1.82) is 0 Å². The van der Waals surface area contributed by atoms with Gasteiger partial charge in [0, 0.05) is 12.1 Å². The lowest BCUT2D eigenvalue weighted by atomic mass is 10.0. The van der Waals surface area contributed by atoms with Gasteiger partial charge in [-0.15, -0.1) is 0 Å². The van der Waals surface area contributed by atoms with Gasteiger partial charge in [0.1, 0.15) is 6.54 Å². The van der Waals surface area contributed by atoms with Crippen LogP contribution in [0.5, 0.6) is 0 Å². The predicted octanol–water partition coefficient (Wildman–Crippen LogP) is 7.72. The number of hydrogen-bond acceptors (Lipinski definition) is 1. The molecule has 0 amide bonds. The maximum Gasteiger partial charge on any atom is 0.104 e. The SMILES string of the molecule is CCCCCCCCCCCCCCCCCNCC[N+](C)(C)Cc1ccccc1. The maximum absolute atomic E-state index is 3.66. The molecule has 0 aliphatic heterocycles. The average molecular weight is 418 g/mol. The van der Waals surface area contributed by atoms with Gasteiger partial charge in [0.15, 0.2) is 0 Å². The minimum atomic E-state index is 1.05. The van der Waals surface area contributed by atoms with Crippen LogP contribution in [0.25, 0.3) is 0 Å². The Morgan fingerprint density at radius 1 is 0.600 bits per heavy atom. The van der Waals surface area contributed by atoms with Crippen molar-refractivity contribution in [2.24, 2.45) is 0 Å². The van der Waals surface area contributed by atoms with Gasteiger partial charge in [-0.3, -0.25) is 0 Å². The average Bonchev–Trinajstić information content (AvgIpc) is 2.73. The summed E-state index contributed by atoms with van der Waals surface area (Å²) in [7, 11) is 4.67. The van der Waals surface area contributed by atoms with Crippen LogP contribution in [0, 0.1) is 0 Å². The zero-order chi connectivity index (χ0) is 21.8. The highest BCUT2D eigenvalue weighted by Gasteiger charge is 2.14. The summed E-state index contributed by atoms with van der Waals surface area (Å²) in [5, 5.41) is 3.66. The second-order valence-electron chi connectivity index (χ2n) is 10.0. The molecular formula is C28H53N2+. The number of nitrogens with zero attached hydrogens (tertiary/aromatic N) is 1. The molecule has 0 saturated carbocycles. The third kappa shape index (κ3) is 16.9. The molecule has 0 bridgehead atoms. The minimum Gasteiger partial charge on any atom is -0.324 e. The van der Waals surface area contributed by atoms with E-state index in [1.165, 1.54) is 115 Å². The number of likely N-dealkylation sites (N-methyl/N-ethyl adjacent to an activating group) is 1. The van der Waals surface area contributed by atoms with E-state index in [-0.39, 0.29) is 0 Å². The summed E-state index contributed by atoms with van der Waals surface area (Å²) >= 11 is 0. The van der Waals surface area contributed by atoms with Crippen LogP contribution < -0.4 is 5.32 Å². The van der Waals surface area contributed by atoms with Crippen molar-refractivity contribution in [1.82, 2.24) is 5.32 Å². The van der Waals surface area contributed by atoms with Crippen molar-refractivity contribution >= 4 is 0 Å². The van der Waals surface area contributed by atoms with Gasteiger partial charge in [-0.2, -0.15) is 0 Å². The number of benzene rings is 1. The predicted molar refractivity (Wildman–Crippen MR) is 135 cm³/mol. The number of hydrogen-bond donors (Lipinski definition) is 1. The molecule has 0 fully saturated rings. The molecule has 0 aliphatic carbocycles. The molecule has 2 heteroatoms. The molecule has 30 heavy (non-hydrogen) atoms. The van der Waals surface area contributed by atoms with E-state index < -0.39 is 0 Å². The molecule has 174 valence electrons. The van der Waals surface area contributed by atoms with E-state index in [1.54, 1.807) is 0 Å². The first kappa shape index (κ1) is 27.2. The fourth-order valence-electron chi connectivity index (χ4n) is 4.28. The third-order valence-corrected chi connectivity index (χ3v) is 6.30. The Balaban J connectivity index is 1.79. The monoisotopic (exact) mass is 417 g/mol. The second-order valence-corrected chi connectivity index (χ2v) is 10.0. The van der Waals surface area contributed by atoms with Crippen LogP contribution in [0.15, 0.2) is 30.3 Å². The van der Waals surface area contributed by atoms with E-state index in [0.29, 0.717) is 0 Å². The highest BCUT2D eigenvalue weighted by atomic mass is 15.3. The quantitative estimate of drug-likeness (QED) is 0.159. The normalized spacial score (nSPS) is 11.8. The van der Waals surface area contributed by atoms with Gasteiger partial charge in [0.05, 0.1) is 20.6 Å². The number of unbranched alkanes of at least 4 members (excludes halogenated alkanes) is 14. The van der Waals surface area contributed by atoms with E-state index in [2.05, 4.69) is 56.7 Å². The number of nitrogens with one attached hydrogen (secondary N) is 1. The van der Waals surface area contributed by atoms with Crippen LogP contribution in [0.1, 0.15) is 109 Å². The van der Waals surface area contributed by atoms with Crippen LogP contribution in [-0.2, 0) is 6.54 Å². The molecular weight excluding hydrogens is 364 g/mol. The highest BCUT2D eigenvalue weighted by molar-refractivity contribution is 5.13. The fraction of sp³-hybridized carbons (Fsp3) is 0.786. The molecule has 2 nitrogen and oxygen atoms in total. The first-order valence-corrected chi connectivity index (χ1v) is 13.2. The van der Waals surface area contributed by atoms with E-state index in [4.69, 9.17) is 0 Å². The van der Waals surface area contributed by atoms with Crippen molar-refractivity contribution in [2.75, 3.05) is 33.7 Å². The molecule has 0 atom stereocenters. The van der Waals surface area contributed by atoms with Crippen molar-refractivity contribution < 1.29 is 4.48 Å². The molecule has 0 aliphatic rings. The summed E-state index contributed by atoms with van der Waals surface area (Å²) in [5.74, 6) is 0. The van der Waals surface area contributed by atoms with E-state index >= 15 is 0 Å². The second kappa shape index (κ2) is 18.9. The zero-order valence-corrected chi connectivity index (χ0v) is 20.8. The van der Waals surface area contributed by atoms with Crippen molar-refractivity contribution in [3.05, 3.63) is 35.9 Å². The summed E-state index contributed by atoms with van der Waals surface area (Å²) in [6.07, 6.45) is 21.6. The van der Waals surface area contributed by atoms with Crippen LogP contribution in [0.3, 0.4) is 0 Å². The van der Waals surface area contributed by atoms with Crippen LogP contribution in [0.2, 0.25) is 0 Å². The Kier molecular flexibility index (Phi) is 17.1. The Labute approximate surface area is 189 Å². The van der Waals surface area contributed by atoms with Gasteiger partial charge in [-0.05, 0) is 13.0 Å². The number of rotatable bonds is 21. The summed E-state index contributed by atoms with van der Waals surface area (Å²) in [6.45, 7) is 6.91. The molecule has 0 unspecified atom stereocenters. The molecule has 1 N–H and O–H groups in total. The molecule has 0 saturated heterocycles. The lowest BCUT2D eigenvalue weighted by Gasteiger charge is -2.30. The minimum absolute atomic E-state index is 1.05. The summed E-state index contributed by atoms with van der Waals surface area (Å²) < 4.78 is 1.05. The maximum atomic E-state index is 3.66. The lowest BCUT2D eigenvalue weighted by molar-refractivity contribution is -0.902. The lowest BCUT2D eigenvalue weighted by Crippen LogP contribution is -2.43. The molecule has 0 radical (unpaired) electrons. The Bertz CT molecular complexity index is 469. The molecule has 0 heterocycles. The van der Waals surface area contributed by atoms with E-state index in [1.807, 2.05) is 0 Å². The number of quaternary nitrogens is 1. The Hall–Kier alpha value is -0.860. The van der Waals surface area contributed by atoms with Crippen LogP contribution >= 0.6 is 0 Å². The largest absolute Gasteiger partial charge is 0.324 e. The summed E-state index contributed by atoms with van der Waals surface area (Å²) in [5.41, 5.74) is 1.44. The first-order chi connectivity index (χ1) is 14.6. The fourth-order valence-corrected chi connectivity index (χ4v) is 4.28. The standard InChI is InChI=1S/C28H53N2/c1-4-5-6-7-8-9-10-11-12-13-14-15-16-17-21-24-29-25-26-30(2,3)27-28-22-19-18-20-23-28/h18-20,22-23,29H,4-17,21,24-27H2,1-3H3/q+1. The van der Waals surface area contributed by atoms with Crippen LogP contribution in [-0.4, -0.2) is 38.2 Å². The van der Waals surface area contributed by atoms with E-state index in [0.717, 1.165) is 17.6 Å². The molecule has 0 spiro atoms. The van der Waals surface area contributed by atoms with Gasteiger partial charge in [0.2, 0.25) is 0 Å². The van der Waals surface area contributed by atoms with Crippen molar-refractivity contribution in [3.8, 4) is 0 Å². The van der Waals surface area contributed by atoms with Crippen LogP contribution in [0.4, 0.5) is 0 Å². The third-order valence-electron chi connectivity index (χ3n) is 6.30. The van der Waals surface area contributed by atoms with Gasteiger partial charge in [-0.25, -0.2) is 0 Å². The summed E-state index contributed by atoms with van der Waals surface area (Å²) in [4.78, 5) is 0. The molecule has 1 aromatic carbocycles. The Morgan fingerprint density at radius 2 is 1.07 bits per heavy atom. The van der Waals surface area contributed by atoms with Gasteiger partial charge < -0.3 is 9.80 Å². The molecule has 0 aromatic heterocycles. The molecule has 1 aromatic rings. The van der Waals surface area contributed by atoms with Gasteiger partial charge in [0.25, 0.3) is 0 Å². The van der Waals surface area contributed by atoms with Gasteiger partial charge >= 0.3 is 0 Å². The van der Waals surface area contributed by atoms with E-state index in [9.17, 15) is 0 Å². The molecule has 1 rings (SSSR count). The smallest absolute Gasteiger partial charge is 0.104 e. The van der Waals surface area contributed by atoms with Crippen molar-refractivity contribution in [2.45, 2.75) is 110 Å².